The minimum absolute atomic E-state index is 0.704. The van der Waals surface area contributed by atoms with E-state index in [1.807, 2.05) is 24.3 Å². The zero-order chi connectivity index (χ0) is 21.3. The van der Waals surface area contributed by atoms with Crippen molar-refractivity contribution >= 4 is 16.6 Å². The predicted molar refractivity (Wildman–Crippen MR) is 130 cm³/mol. The molecule has 156 valence electrons. The molecule has 0 atom stereocenters. The van der Waals surface area contributed by atoms with E-state index in [9.17, 15) is 0 Å². The molecule has 2 aromatic carbocycles. The van der Waals surface area contributed by atoms with Crippen molar-refractivity contribution in [3.8, 4) is 17.2 Å². The Balaban J connectivity index is 2.22. The lowest BCUT2D eigenvalue weighted by Crippen LogP contribution is -2.52. The number of hydrogen-bond donors (Lipinski definition) is 0. The number of rotatable bonds is 11. The second-order valence-corrected chi connectivity index (χ2v) is 17.4. The van der Waals surface area contributed by atoms with Crippen molar-refractivity contribution < 1.29 is 4.12 Å². The highest BCUT2D eigenvalue weighted by Crippen LogP contribution is 2.33. The normalized spacial score (nSPS) is 12.0. The van der Waals surface area contributed by atoms with Crippen LogP contribution in [-0.2, 0) is 10.2 Å². The molecule has 2 rings (SSSR count). The van der Waals surface area contributed by atoms with Gasteiger partial charge in [-0.15, -0.1) is 0 Å². The molecule has 0 aliphatic rings. The maximum absolute atomic E-state index is 8.99. The van der Waals surface area contributed by atoms with Crippen LogP contribution in [0.2, 0.25) is 30.2 Å². The first kappa shape index (κ1) is 23.6. The van der Waals surface area contributed by atoms with Gasteiger partial charge in [-0.25, -0.2) is 0 Å². The maximum Gasteiger partial charge on any atom is 0.183 e. The SMILES string of the molecule is CCC[Si](CC)(CC)O[Si](CC)(CC)Cc1ccc(-c2ccc(C#N)cc2)cc1. The van der Waals surface area contributed by atoms with Crippen molar-refractivity contribution in [1.82, 2.24) is 0 Å². The van der Waals surface area contributed by atoms with E-state index in [4.69, 9.17) is 9.38 Å². The summed E-state index contributed by atoms with van der Waals surface area (Å²) in [5, 5.41) is 8.99. The zero-order valence-corrected chi connectivity index (χ0v) is 20.9. The number of nitrogens with zero attached hydrogens (tertiary/aromatic N) is 1. The molecule has 0 saturated carbocycles. The van der Waals surface area contributed by atoms with Gasteiger partial charge in [0.2, 0.25) is 0 Å². The highest BCUT2D eigenvalue weighted by atomic mass is 28.4. The molecule has 4 heteroatoms. The van der Waals surface area contributed by atoms with Crippen molar-refractivity contribution in [2.24, 2.45) is 0 Å². The van der Waals surface area contributed by atoms with E-state index in [0.29, 0.717) is 5.56 Å². The van der Waals surface area contributed by atoms with Crippen LogP contribution in [0, 0.1) is 11.3 Å². The molecule has 0 aromatic heterocycles. The van der Waals surface area contributed by atoms with E-state index >= 15 is 0 Å². The van der Waals surface area contributed by atoms with Gasteiger partial charge in [0.1, 0.15) is 0 Å². The van der Waals surface area contributed by atoms with Crippen LogP contribution in [0.4, 0.5) is 0 Å². The van der Waals surface area contributed by atoms with E-state index in [0.717, 1.165) is 11.6 Å². The third kappa shape index (κ3) is 5.91. The van der Waals surface area contributed by atoms with Gasteiger partial charge >= 0.3 is 0 Å². The molecule has 0 aliphatic heterocycles. The quantitative estimate of drug-likeness (QED) is 0.347. The van der Waals surface area contributed by atoms with Gasteiger partial charge in [-0.2, -0.15) is 5.26 Å². The van der Waals surface area contributed by atoms with E-state index in [2.05, 4.69) is 65.0 Å². The van der Waals surface area contributed by atoms with E-state index in [1.165, 1.54) is 47.8 Å². The molecule has 0 saturated heterocycles. The van der Waals surface area contributed by atoms with Gasteiger partial charge in [0.05, 0.1) is 11.6 Å². The Kier molecular flexibility index (Phi) is 8.88. The highest BCUT2D eigenvalue weighted by Gasteiger charge is 2.41. The summed E-state index contributed by atoms with van der Waals surface area (Å²) in [6.07, 6.45) is 1.24. The predicted octanol–water partition coefficient (Wildman–Crippen LogP) is 7.70. The molecule has 0 N–H and O–H groups in total. The summed E-state index contributed by atoms with van der Waals surface area (Å²) in [6, 6.07) is 26.3. The van der Waals surface area contributed by atoms with Crippen molar-refractivity contribution in [3.05, 3.63) is 59.7 Å². The first-order valence-electron chi connectivity index (χ1n) is 11.3. The van der Waals surface area contributed by atoms with Crippen molar-refractivity contribution in [2.75, 3.05) is 0 Å². The molecule has 2 nitrogen and oxygen atoms in total. The Hall–Kier alpha value is -1.68. The lowest BCUT2D eigenvalue weighted by atomic mass is 10.0. The zero-order valence-electron chi connectivity index (χ0n) is 18.9. The third-order valence-electron chi connectivity index (χ3n) is 6.54. The molecule has 0 spiro atoms. The molecular formula is C25H37NOSi2. The van der Waals surface area contributed by atoms with Gasteiger partial charge in [0.25, 0.3) is 0 Å². The molecule has 0 unspecified atom stereocenters. The average Bonchev–Trinajstić information content (AvgIpc) is 2.78. The first-order chi connectivity index (χ1) is 14.0. The lowest BCUT2D eigenvalue weighted by Gasteiger charge is -2.41. The van der Waals surface area contributed by atoms with Crippen molar-refractivity contribution in [1.29, 1.82) is 5.26 Å². The topological polar surface area (TPSA) is 33.0 Å². The van der Waals surface area contributed by atoms with Crippen LogP contribution in [0.3, 0.4) is 0 Å². The molecule has 2 aromatic rings. The van der Waals surface area contributed by atoms with Crippen LogP contribution >= 0.6 is 0 Å². The van der Waals surface area contributed by atoms with Crippen LogP contribution in [0.1, 0.15) is 52.2 Å². The molecule has 0 aliphatic carbocycles. The molecule has 0 fully saturated rings. The molecular weight excluding hydrogens is 386 g/mol. The molecule has 0 heterocycles. The number of hydrogen-bond acceptors (Lipinski definition) is 2. The molecule has 29 heavy (non-hydrogen) atoms. The van der Waals surface area contributed by atoms with Crippen molar-refractivity contribution in [3.63, 3.8) is 0 Å². The van der Waals surface area contributed by atoms with Crippen LogP contribution in [0.5, 0.6) is 0 Å². The first-order valence-corrected chi connectivity index (χ1v) is 16.3. The van der Waals surface area contributed by atoms with E-state index in [-0.39, 0.29) is 0 Å². The summed E-state index contributed by atoms with van der Waals surface area (Å²) in [7, 11) is -3.39. The average molecular weight is 424 g/mol. The van der Waals surface area contributed by atoms with Crippen LogP contribution in [0.15, 0.2) is 48.5 Å². The van der Waals surface area contributed by atoms with Crippen LogP contribution in [0.25, 0.3) is 11.1 Å². The van der Waals surface area contributed by atoms with Crippen LogP contribution in [-0.4, -0.2) is 16.6 Å². The Bertz CT molecular complexity index is 785. The van der Waals surface area contributed by atoms with Crippen molar-refractivity contribution in [2.45, 2.75) is 77.3 Å². The molecule has 0 radical (unpaired) electrons. The summed E-state index contributed by atoms with van der Waals surface area (Å²) in [5.74, 6) is 0. The third-order valence-corrected chi connectivity index (χ3v) is 17.6. The van der Waals surface area contributed by atoms with E-state index < -0.39 is 16.6 Å². The minimum atomic E-state index is -1.78. The lowest BCUT2D eigenvalue weighted by molar-refractivity contribution is 0.503. The fourth-order valence-electron chi connectivity index (χ4n) is 4.32. The van der Waals surface area contributed by atoms with Gasteiger partial charge in [-0.1, -0.05) is 77.4 Å². The number of benzene rings is 2. The van der Waals surface area contributed by atoms with Crippen LogP contribution < -0.4 is 0 Å². The Morgan fingerprint density at radius 1 is 0.724 bits per heavy atom. The fraction of sp³-hybridized carbons (Fsp3) is 0.480. The second-order valence-electron chi connectivity index (χ2n) is 8.20. The van der Waals surface area contributed by atoms with E-state index in [1.54, 1.807) is 0 Å². The Morgan fingerprint density at radius 2 is 1.21 bits per heavy atom. The van der Waals surface area contributed by atoms with Gasteiger partial charge in [0.15, 0.2) is 16.6 Å². The summed E-state index contributed by atoms with van der Waals surface area (Å²) in [4.78, 5) is 0. The highest BCUT2D eigenvalue weighted by molar-refractivity contribution is 6.86. The Labute approximate surface area is 180 Å². The largest absolute Gasteiger partial charge is 0.455 e. The molecule has 0 amide bonds. The molecule has 0 bridgehead atoms. The van der Waals surface area contributed by atoms with Gasteiger partial charge in [-0.05, 0) is 65.1 Å². The summed E-state index contributed by atoms with van der Waals surface area (Å²) in [5.41, 5.74) is 4.48. The maximum atomic E-state index is 8.99. The fourth-order valence-corrected chi connectivity index (χ4v) is 15.1. The van der Waals surface area contributed by atoms with Gasteiger partial charge in [0, 0.05) is 0 Å². The van der Waals surface area contributed by atoms with Gasteiger partial charge in [-0.3, -0.25) is 0 Å². The minimum Gasteiger partial charge on any atom is -0.455 e. The summed E-state index contributed by atoms with van der Waals surface area (Å²) < 4.78 is 7.25. The monoisotopic (exact) mass is 423 g/mol. The van der Waals surface area contributed by atoms with Gasteiger partial charge < -0.3 is 4.12 Å². The summed E-state index contributed by atoms with van der Waals surface area (Å²) >= 11 is 0. The Morgan fingerprint density at radius 3 is 1.62 bits per heavy atom. The second kappa shape index (κ2) is 10.9. The standard InChI is InChI=1S/C25H37NOSi2/c1-6-19-28(7-2,8-3)27-29(9-4,10-5)21-23-13-17-25(18-14-23)24-15-11-22(20-26)12-16-24/h11-18H,6-10,19,21H2,1-5H3. The smallest absolute Gasteiger partial charge is 0.183 e. The summed E-state index contributed by atoms with van der Waals surface area (Å²) in [6.45, 7) is 11.7. The number of nitriles is 1.